The van der Waals surface area contributed by atoms with E-state index in [1.54, 1.807) is 6.07 Å². The van der Waals surface area contributed by atoms with Crippen molar-refractivity contribution in [1.82, 2.24) is 10.2 Å². The zero-order valence-corrected chi connectivity index (χ0v) is 14.5. The first-order valence-electron chi connectivity index (χ1n) is 8.80. The van der Waals surface area contributed by atoms with E-state index < -0.39 is 17.7 Å². The number of carbonyl (C=O) groups excluding carboxylic acids is 1. The lowest BCUT2D eigenvalue weighted by molar-refractivity contribution is -0.123. The first-order valence-corrected chi connectivity index (χ1v) is 8.80. The first kappa shape index (κ1) is 18.5. The van der Waals surface area contributed by atoms with Gasteiger partial charge in [-0.25, -0.2) is 8.78 Å². The maximum absolute atomic E-state index is 13.3. The molecular formula is C20H23F2N3O. The molecule has 0 bridgehead atoms. The third kappa shape index (κ3) is 4.65. The number of benzene rings is 2. The van der Waals surface area contributed by atoms with E-state index in [1.807, 2.05) is 30.3 Å². The minimum atomic E-state index is -0.829. The van der Waals surface area contributed by atoms with E-state index in [4.69, 9.17) is 5.73 Å². The third-order valence-corrected chi connectivity index (χ3v) is 4.77. The average molecular weight is 359 g/mol. The standard InChI is InChI=1S/C20H23F2N3O/c21-17-7-6-14(12-18(17)22)13-25-10-8-16(9-11-25)24-20(26)19(23)15-4-2-1-3-5-15/h1-7,12,16,19H,8-11,13,23H2,(H,24,26). The Balaban J connectivity index is 1.47. The van der Waals surface area contributed by atoms with Crippen LogP contribution in [0.4, 0.5) is 8.78 Å². The lowest BCUT2D eigenvalue weighted by Gasteiger charge is -2.32. The number of halogens is 2. The SMILES string of the molecule is NC(C(=O)NC1CCN(Cc2ccc(F)c(F)c2)CC1)c1ccccc1. The zero-order valence-electron chi connectivity index (χ0n) is 14.5. The van der Waals surface area contributed by atoms with Crippen LogP contribution in [0.5, 0.6) is 0 Å². The van der Waals surface area contributed by atoms with Crippen LogP contribution in [0.15, 0.2) is 48.5 Å². The fourth-order valence-corrected chi connectivity index (χ4v) is 3.23. The van der Waals surface area contributed by atoms with Crippen LogP contribution >= 0.6 is 0 Å². The Labute approximate surface area is 152 Å². The van der Waals surface area contributed by atoms with Crippen molar-refractivity contribution in [3.63, 3.8) is 0 Å². The van der Waals surface area contributed by atoms with Gasteiger partial charge in [-0.2, -0.15) is 0 Å². The summed E-state index contributed by atoms with van der Waals surface area (Å²) in [4.78, 5) is 14.5. The molecule has 0 aromatic heterocycles. The Hall–Kier alpha value is -2.31. The number of amides is 1. The number of hydrogen-bond acceptors (Lipinski definition) is 3. The van der Waals surface area contributed by atoms with Gasteiger partial charge in [0, 0.05) is 25.7 Å². The van der Waals surface area contributed by atoms with Crippen LogP contribution in [0, 0.1) is 11.6 Å². The van der Waals surface area contributed by atoms with Gasteiger partial charge in [0.1, 0.15) is 6.04 Å². The second kappa shape index (κ2) is 8.38. The van der Waals surface area contributed by atoms with Crippen molar-refractivity contribution in [2.45, 2.75) is 31.5 Å². The molecule has 1 aliphatic rings. The molecule has 3 N–H and O–H groups in total. The van der Waals surface area contributed by atoms with Crippen molar-refractivity contribution in [2.75, 3.05) is 13.1 Å². The van der Waals surface area contributed by atoms with Gasteiger partial charge >= 0.3 is 0 Å². The molecule has 26 heavy (non-hydrogen) atoms. The van der Waals surface area contributed by atoms with E-state index in [0.717, 1.165) is 43.1 Å². The summed E-state index contributed by atoms with van der Waals surface area (Å²) >= 11 is 0. The summed E-state index contributed by atoms with van der Waals surface area (Å²) < 4.78 is 26.3. The van der Waals surface area contributed by atoms with E-state index in [9.17, 15) is 13.6 Å². The molecule has 6 heteroatoms. The quantitative estimate of drug-likeness (QED) is 0.863. The molecule has 2 aromatic rings. The fraction of sp³-hybridized carbons (Fsp3) is 0.350. The summed E-state index contributed by atoms with van der Waals surface area (Å²) in [5.74, 6) is -1.82. The molecule has 0 radical (unpaired) electrons. The normalized spacial score (nSPS) is 17.0. The van der Waals surface area contributed by atoms with E-state index in [0.29, 0.717) is 6.54 Å². The van der Waals surface area contributed by atoms with Crippen molar-refractivity contribution in [3.05, 3.63) is 71.3 Å². The molecule has 1 heterocycles. The summed E-state index contributed by atoms with van der Waals surface area (Å²) in [5.41, 5.74) is 7.56. The van der Waals surface area contributed by atoms with Gasteiger partial charge in [0.2, 0.25) is 5.91 Å². The van der Waals surface area contributed by atoms with Crippen molar-refractivity contribution in [3.8, 4) is 0 Å². The van der Waals surface area contributed by atoms with E-state index >= 15 is 0 Å². The molecule has 1 aliphatic heterocycles. The van der Waals surface area contributed by atoms with Gasteiger partial charge in [-0.15, -0.1) is 0 Å². The topological polar surface area (TPSA) is 58.4 Å². The number of nitrogens with two attached hydrogens (primary N) is 1. The number of piperidine rings is 1. The van der Waals surface area contributed by atoms with Crippen LogP contribution in [-0.4, -0.2) is 29.9 Å². The number of likely N-dealkylation sites (tertiary alicyclic amines) is 1. The fourth-order valence-electron chi connectivity index (χ4n) is 3.23. The second-order valence-electron chi connectivity index (χ2n) is 6.70. The number of nitrogens with one attached hydrogen (secondary N) is 1. The maximum atomic E-state index is 13.3. The Bertz CT molecular complexity index is 746. The van der Waals surface area contributed by atoms with Crippen LogP contribution in [0.3, 0.4) is 0 Å². The largest absolute Gasteiger partial charge is 0.352 e. The highest BCUT2D eigenvalue weighted by molar-refractivity contribution is 5.83. The highest BCUT2D eigenvalue weighted by atomic mass is 19.2. The lowest BCUT2D eigenvalue weighted by atomic mass is 10.0. The van der Waals surface area contributed by atoms with Crippen LogP contribution in [0.1, 0.15) is 30.0 Å². The Kier molecular flexibility index (Phi) is 5.96. The van der Waals surface area contributed by atoms with E-state index in [-0.39, 0.29) is 11.9 Å². The van der Waals surface area contributed by atoms with Crippen molar-refractivity contribution >= 4 is 5.91 Å². The van der Waals surface area contributed by atoms with Gasteiger partial charge in [-0.05, 0) is 36.1 Å². The van der Waals surface area contributed by atoms with Crippen LogP contribution in [0.2, 0.25) is 0 Å². The molecule has 138 valence electrons. The van der Waals surface area contributed by atoms with Gasteiger partial charge in [-0.3, -0.25) is 9.69 Å². The molecule has 1 saturated heterocycles. The summed E-state index contributed by atoms with van der Waals surface area (Å²) in [5, 5.41) is 3.02. The molecule has 4 nitrogen and oxygen atoms in total. The van der Waals surface area contributed by atoms with Crippen molar-refractivity contribution in [1.29, 1.82) is 0 Å². The summed E-state index contributed by atoms with van der Waals surface area (Å²) in [7, 11) is 0. The van der Waals surface area contributed by atoms with Gasteiger partial charge in [0.15, 0.2) is 11.6 Å². The van der Waals surface area contributed by atoms with Crippen LogP contribution < -0.4 is 11.1 Å². The van der Waals surface area contributed by atoms with Crippen molar-refractivity contribution in [2.24, 2.45) is 5.73 Å². The molecular weight excluding hydrogens is 336 g/mol. The van der Waals surface area contributed by atoms with Gasteiger partial charge in [-0.1, -0.05) is 36.4 Å². The van der Waals surface area contributed by atoms with Gasteiger partial charge in [0.25, 0.3) is 0 Å². The summed E-state index contributed by atoms with van der Waals surface area (Å²) in [6, 6.07) is 12.7. The number of rotatable bonds is 5. The summed E-state index contributed by atoms with van der Waals surface area (Å²) in [6.07, 6.45) is 1.61. The first-order chi connectivity index (χ1) is 12.5. The monoisotopic (exact) mass is 359 g/mol. The number of hydrogen-bond donors (Lipinski definition) is 2. The van der Waals surface area contributed by atoms with Crippen LogP contribution in [0.25, 0.3) is 0 Å². The molecule has 1 atom stereocenters. The molecule has 1 unspecified atom stereocenters. The predicted octanol–water partition coefficient (Wildman–Crippen LogP) is 2.75. The Morgan fingerprint density at radius 1 is 1.12 bits per heavy atom. The Morgan fingerprint density at radius 3 is 2.46 bits per heavy atom. The molecule has 0 aliphatic carbocycles. The maximum Gasteiger partial charge on any atom is 0.241 e. The van der Waals surface area contributed by atoms with E-state index in [2.05, 4.69) is 10.2 Å². The highest BCUT2D eigenvalue weighted by Crippen LogP contribution is 2.17. The molecule has 1 fully saturated rings. The molecule has 0 spiro atoms. The van der Waals surface area contributed by atoms with Gasteiger partial charge < -0.3 is 11.1 Å². The average Bonchev–Trinajstić information content (AvgIpc) is 2.66. The molecule has 3 rings (SSSR count). The van der Waals surface area contributed by atoms with Gasteiger partial charge in [0.05, 0.1) is 0 Å². The number of carbonyl (C=O) groups is 1. The highest BCUT2D eigenvalue weighted by Gasteiger charge is 2.23. The minimum absolute atomic E-state index is 0.0819. The minimum Gasteiger partial charge on any atom is -0.352 e. The molecule has 1 amide bonds. The zero-order chi connectivity index (χ0) is 18.5. The second-order valence-corrected chi connectivity index (χ2v) is 6.70. The summed E-state index contributed by atoms with van der Waals surface area (Å²) in [6.45, 7) is 2.14. The Morgan fingerprint density at radius 2 is 1.81 bits per heavy atom. The van der Waals surface area contributed by atoms with Crippen molar-refractivity contribution < 1.29 is 13.6 Å². The third-order valence-electron chi connectivity index (χ3n) is 4.77. The smallest absolute Gasteiger partial charge is 0.241 e. The van der Waals surface area contributed by atoms with Crippen LogP contribution in [-0.2, 0) is 11.3 Å². The molecule has 2 aromatic carbocycles. The molecule has 0 saturated carbocycles. The lowest BCUT2D eigenvalue weighted by Crippen LogP contribution is -2.46. The predicted molar refractivity (Wildman–Crippen MR) is 96.2 cm³/mol. The van der Waals surface area contributed by atoms with E-state index in [1.165, 1.54) is 6.07 Å². The number of nitrogens with zero attached hydrogens (tertiary/aromatic N) is 1.